The van der Waals surface area contributed by atoms with Crippen LogP contribution in [0.1, 0.15) is 86.5 Å². The fourth-order valence-electron chi connectivity index (χ4n) is 3.02. The molecule has 23 heavy (non-hydrogen) atoms. The first-order valence-electron chi connectivity index (χ1n) is 8.99. The molecule has 0 unspecified atom stereocenters. The zero-order valence-electron chi connectivity index (χ0n) is 15.8. The Morgan fingerprint density at radius 3 is 2.04 bits per heavy atom. The van der Waals surface area contributed by atoms with Crippen molar-refractivity contribution < 1.29 is 19.1 Å². The molecule has 134 valence electrons. The molecule has 1 fully saturated rings. The molecule has 0 heterocycles. The van der Waals surface area contributed by atoms with Gasteiger partial charge in [-0.3, -0.25) is 9.59 Å². The molecule has 4 nitrogen and oxygen atoms in total. The molecule has 1 rings (SSSR count). The lowest BCUT2D eigenvalue weighted by Crippen LogP contribution is -2.46. The predicted octanol–water partition coefficient (Wildman–Crippen LogP) is 4.65. The lowest BCUT2D eigenvalue weighted by Gasteiger charge is -2.43. The van der Waals surface area contributed by atoms with Gasteiger partial charge in [0.1, 0.15) is 12.2 Å². The van der Waals surface area contributed by atoms with Crippen LogP contribution in [0.3, 0.4) is 0 Å². The summed E-state index contributed by atoms with van der Waals surface area (Å²) < 4.78 is 11.2. The second kappa shape index (κ2) is 7.67. The van der Waals surface area contributed by atoms with E-state index in [1.54, 1.807) is 0 Å². The third kappa shape index (κ3) is 4.71. The first kappa shape index (κ1) is 20.0. The van der Waals surface area contributed by atoms with Crippen molar-refractivity contribution >= 4 is 11.9 Å². The number of hydrogen-bond donors (Lipinski definition) is 0. The molecule has 0 bridgehead atoms. The van der Waals surface area contributed by atoms with Gasteiger partial charge in [-0.1, -0.05) is 27.7 Å². The molecular formula is C19H34O4. The van der Waals surface area contributed by atoms with Gasteiger partial charge in [0.05, 0.1) is 11.8 Å². The van der Waals surface area contributed by atoms with E-state index in [2.05, 4.69) is 20.8 Å². The van der Waals surface area contributed by atoms with Gasteiger partial charge >= 0.3 is 11.9 Å². The van der Waals surface area contributed by atoms with Crippen molar-refractivity contribution in [2.75, 3.05) is 6.61 Å². The van der Waals surface area contributed by atoms with E-state index in [-0.39, 0.29) is 36.0 Å². The van der Waals surface area contributed by atoms with Crippen LogP contribution in [-0.4, -0.2) is 24.1 Å². The summed E-state index contributed by atoms with van der Waals surface area (Å²) in [6.45, 7) is 12.2. The van der Waals surface area contributed by atoms with E-state index in [1.165, 1.54) is 0 Å². The maximum absolute atomic E-state index is 12.3. The van der Waals surface area contributed by atoms with E-state index in [0.29, 0.717) is 6.42 Å². The minimum atomic E-state index is -0.499. The van der Waals surface area contributed by atoms with Gasteiger partial charge in [0, 0.05) is 5.41 Å². The average molecular weight is 326 g/mol. The van der Waals surface area contributed by atoms with E-state index in [1.807, 2.05) is 20.8 Å². The summed E-state index contributed by atoms with van der Waals surface area (Å²) in [6, 6.07) is 0. The minimum Gasteiger partial charge on any atom is -0.465 e. The van der Waals surface area contributed by atoms with Crippen LogP contribution in [0.4, 0.5) is 0 Å². The van der Waals surface area contributed by atoms with Crippen LogP contribution >= 0.6 is 0 Å². The highest BCUT2D eigenvalue weighted by Crippen LogP contribution is 2.48. The Labute approximate surface area is 141 Å². The second-order valence-electron chi connectivity index (χ2n) is 8.04. The highest BCUT2D eigenvalue weighted by atomic mass is 16.6. The normalized spacial score (nSPS) is 17.8. The molecule has 0 N–H and O–H groups in total. The quantitative estimate of drug-likeness (QED) is 0.609. The molecule has 0 atom stereocenters. The first-order chi connectivity index (χ1) is 10.6. The van der Waals surface area contributed by atoms with Crippen LogP contribution in [0.25, 0.3) is 0 Å². The summed E-state index contributed by atoms with van der Waals surface area (Å²) >= 11 is 0. The summed E-state index contributed by atoms with van der Waals surface area (Å²) in [5.74, 6) is -0.507. The van der Waals surface area contributed by atoms with Gasteiger partial charge in [0.25, 0.3) is 0 Å². The van der Waals surface area contributed by atoms with E-state index in [4.69, 9.17) is 9.47 Å². The average Bonchev–Trinajstić information content (AvgIpc) is 2.97. The molecule has 1 saturated carbocycles. The highest BCUT2D eigenvalue weighted by molar-refractivity contribution is 5.76. The summed E-state index contributed by atoms with van der Waals surface area (Å²) in [5.41, 5.74) is -0.883. The van der Waals surface area contributed by atoms with Crippen molar-refractivity contribution in [1.29, 1.82) is 0 Å². The van der Waals surface area contributed by atoms with Crippen molar-refractivity contribution in [2.24, 2.45) is 10.8 Å². The number of ether oxygens (including phenoxy) is 2. The third-order valence-corrected chi connectivity index (χ3v) is 5.81. The molecule has 0 spiro atoms. The Kier molecular flexibility index (Phi) is 6.67. The van der Waals surface area contributed by atoms with Crippen LogP contribution in [0.5, 0.6) is 0 Å². The van der Waals surface area contributed by atoms with Gasteiger partial charge in [-0.2, -0.15) is 0 Å². The van der Waals surface area contributed by atoms with Crippen molar-refractivity contribution in [3.05, 3.63) is 0 Å². The minimum absolute atomic E-state index is 0.0277. The molecule has 1 aliphatic carbocycles. The number of esters is 2. The predicted molar refractivity (Wildman–Crippen MR) is 91.0 cm³/mol. The van der Waals surface area contributed by atoms with Crippen LogP contribution in [-0.2, 0) is 19.1 Å². The summed E-state index contributed by atoms with van der Waals surface area (Å²) in [4.78, 5) is 24.2. The Morgan fingerprint density at radius 2 is 1.57 bits per heavy atom. The fourth-order valence-corrected chi connectivity index (χ4v) is 3.02. The zero-order valence-corrected chi connectivity index (χ0v) is 15.8. The zero-order chi connectivity index (χ0) is 17.7. The molecular weight excluding hydrogens is 292 g/mol. The third-order valence-electron chi connectivity index (χ3n) is 5.81. The number of rotatable bonds is 8. The largest absolute Gasteiger partial charge is 0.465 e. The van der Waals surface area contributed by atoms with Crippen LogP contribution in [0, 0.1) is 10.8 Å². The molecule has 4 heteroatoms. The van der Waals surface area contributed by atoms with Crippen molar-refractivity contribution in [3.63, 3.8) is 0 Å². The number of carbonyl (C=O) groups excluding carboxylic acids is 2. The lowest BCUT2D eigenvalue weighted by molar-refractivity contribution is -0.176. The molecule has 0 amide bonds. The summed E-state index contributed by atoms with van der Waals surface area (Å²) in [7, 11) is 0. The van der Waals surface area contributed by atoms with Crippen molar-refractivity contribution in [1.82, 2.24) is 0 Å². The maximum Gasteiger partial charge on any atom is 0.311 e. The first-order valence-corrected chi connectivity index (χ1v) is 8.99. The Morgan fingerprint density at radius 1 is 1.00 bits per heavy atom. The summed E-state index contributed by atoms with van der Waals surface area (Å²) in [6.07, 6.45) is 5.90. The molecule has 0 aromatic rings. The Hall–Kier alpha value is -1.06. The molecule has 0 aromatic heterocycles. The molecule has 0 radical (unpaired) electrons. The van der Waals surface area contributed by atoms with E-state index in [9.17, 15) is 9.59 Å². The number of carbonyl (C=O) groups is 2. The second-order valence-corrected chi connectivity index (χ2v) is 8.04. The Balaban J connectivity index is 2.54. The van der Waals surface area contributed by atoms with Crippen molar-refractivity contribution in [3.8, 4) is 0 Å². The van der Waals surface area contributed by atoms with Gasteiger partial charge in [0.2, 0.25) is 0 Å². The Bertz CT molecular complexity index is 417. The molecule has 0 aliphatic heterocycles. The number of hydrogen-bond acceptors (Lipinski definition) is 4. The summed E-state index contributed by atoms with van der Waals surface area (Å²) in [5, 5.41) is 0. The van der Waals surface area contributed by atoms with Gasteiger partial charge in [-0.05, 0) is 52.4 Å². The fraction of sp³-hybridized carbons (Fsp3) is 0.895. The maximum atomic E-state index is 12.3. The molecule has 0 aromatic carbocycles. The van der Waals surface area contributed by atoms with Gasteiger partial charge in [-0.25, -0.2) is 0 Å². The van der Waals surface area contributed by atoms with Gasteiger partial charge in [0.15, 0.2) is 0 Å². The molecule has 1 aliphatic rings. The van der Waals surface area contributed by atoms with Crippen LogP contribution < -0.4 is 0 Å². The van der Waals surface area contributed by atoms with Gasteiger partial charge in [-0.15, -0.1) is 0 Å². The SMILES string of the molecule is CCC(C)(C)C(=O)OCCC(=O)OC1(C(C)(C)CC)CCCC1. The topological polar surface area (TPSA) is 52.6 Å². The standard InChI is InChI=1S/C19H34O4/c1-7-17(3,4)16(21)22-14-11-15(20)23-19(12-9-10-13-19)18(5,6)8-2/h7-14H2,1-6H3. The van der Waals surface area contributed by atoms with E-state index in [0.717, 1.165) is 32.1 Å². The smallest absolute Gasteiger partial charge is 0.311 e. The molecule has 0 saturated heterocycles. The van der Waals surface area contributed by atoms with Crippen LogP contribution in [0.15, 0.2) is 0 Å². The van der Waals surface area contributed by atoms with E-state index >= 15 is 0 Å². The lowest BCUT2D eigenvalue weighted by atomic mass is 9.71. The van der Waals surface area contributed by atoms with Gasteiger partial charge < -0.3 is 9.47 Å². The highest BCUT2D eigenvalue weighted by Gasteiger charge is 2.49. The monoisotopic (exact) mass is 326 g/mol. The van der Waals surface area contributed by atoms with Crippen molar-refractivity contribution in [2.45, 2.75) is 92.1 Å². The van der Waals surface area contributed by atoms with Crippen LogP contribution in [0.2, 0.25) is 0 Å². The van der Waals surface area contributed by atoms with E-state index < -0.39 is 5.41 Å².